The van der Waals surface area contributed by atoms with Crippen LogP contribution in [0, 0.1) is 0 Å². The summed E-state index contributed by atoms with van der Waals surface area (Å²) in [5.41, 5.74) is 0.645. The maximum atomic E-state index is 11.5. The fraction of sp³-hybridized carbons (Fsp3) is 0.214. The monoisotopic (exact) mass is 259 g/mol. The molecule has 1 rings (SSSR count). The van der Waals surface area contributed by atoms with Crippen molar-refractivity contribution in [3.63, 3.8) is 0 Å². The molecule has 0 atom stereocenters. The number of nitrogens with one attached hydrogen (secondary N) is 2. The van der Waals surface area contributed by atoms with E-state index in [9.17, 15) is 9.59 Å². The Hall–Kier alpha value is -2.43. The molecule has 0 saturated carbocycles. The average molecular weight is 259 g/mol. The summed E-state index contributed by atoms with van der Waals surface area (Å²) in [5.74, 6) is -0.377. The Kier molecular flexibility index (Phi) is 6.65. The number of amides is 2. The van der Waals surface area contributed by atoms with Crippen LogP contribution in [-0.4, -0.2) is 23.3 Å². The van der Waals surface area contributed by atoms with Crippen LogP contribution in [0.25, 0.3) is 0 Å². The second kappa shape index (κ2) is 8.63. The van der Waals surface area contributed by atoms with E-state index in [1.807, 2.05) is 13.0 Å². The summed E-state index contributed by atoms with van der Waals surface area (Å²) in [6.07, 6.45) is 10.1. The maximum absolute atomic E-state index is 11.5. The number of hydrogen-bond donors (Lipinski definition) is 2. The van der Waals surface area contributed by atoms with Gasteiger partial charge in [-0.15, -0.1) is 0 Å². The molecule has 0 aliphatic rings. The molecule has 0 bridgehead atoms. The van der Waals surface area contributed by atoms with Crippen LogP contribution in [0.15, 0.2) is 48.8 Å². The van der Waals surface area contributed by atoms with Crippen molar-refractivity contribution in [2.75, 3.05) is 11.9 Å². The van der Waals surface area contributed by atoms with Crippen molar-refractivity contribution in [3.05, 3.63) is 48.8 Å². The number of carbonyl (C=O) groups excluding carboxylic acids is 2. The summed E-state index contributed by atoms with van der Waals surface area (Å²) >= 11 is 0. The van der Waals surface area contributed by atoms with Gasteiger partial charge in [0.15, 0.2) is 0 Å². The summed E-state index contributed by atoms with van der Waals surface area (Å²) in [6.45, 7) is 2.16. The number of aromatic nitrogens is 1. The van der Waals surface area contributed by atoms with Crippen molar-refractivity contribution >= 4 is 17.5 Å². The lowest BCUT2D eigenvalue weighted by Crippen LogP contribution is -2.26. The summed E-state index contributed by atoms with van der Waals surface area (Å²) < 4.78 is 0. The van der Waals surface area contributed by atoms with Crippen molar-refractivity contribution in [1.29, 1.82) is 0 Å². The number of anilines is 1. The first kappa shape index (κ1) is 14.6. The molecule has 100 valence electrons. The highest BCUT2D eigenvalue weighted by molar-refractivity contribution is 5.91. The van der Waals surface area contributed by atoms with Crippen LogP contribution in [-0.2, 0) is 9.59 Å². The number of rotatable bonds is 6. The van der Waals surface area contributed by atoms with Gasteiger partial charge in [0.05, 0.1) is 11.9 Å². The zero-order valence-electron chi connectivity index (χ0n) is 10.8. The van der Waals surface area contributed by atoms with E-state index in [0.717, 1.165) is 0 Å². The van der Waals surface area contributed by atoms with Gasteiger partial charge < -0.3 is 10.6 Å². The van der Waals surface area contributed by atoms with Gasteiger partial charge in [-0.3, -0.25) is 14.6 Å². The minimum Gasteiger partial charge on any atom is -0.352 e. The molecule has 0 saturated heterocycles. The topological polar surface area (TPSA) is 71.1 Å². The van der Waals surface area contributed by atoms with Crippen molar-refractivity contribution < 1.29 is 9.59 Å². The molecule has 0 aliphatic carbocycles. The van der Waals surface area contributed by atoms with Crippen LogP contribution in [0.4, 0.5) is 5.69 Å². The van der Waals surface area contributed by atoms with Gasteiger partial charge in [0.1, 0.15) is 0 Å². The zero-order valence-corrected chi connectivity index (χ0v) is 10.8. The molecule has 19 heavy (non-hydrogen) atoms. The number of pyridine rings is 1. The average Bonchev–Trinajstić information content (AvgIpc) is 2.40. The molecule has 0 aromatic carbocycles. The van der Waals surface area contributed by atoms with Gasteiger partial charge in [0.25, 0.3) is 0 Å². The third kappa shape index (κ3) is 6.78. The van der Waals surface area contributed by atoms with Gasteiger partial charge in [-0.1, -0.05) is 18.2 Å². The fourth-order valence-electron chi connectivity index (χ4n) is 1.27. The molecule has 5 nitrogen and oxygen atoms in total. The largest absolute Gasteiger partial charge is 0.352 e. The van der Waals surface area contributed by atoms with E-state index in [2.05, 4.69) is 15.6 Å². The zero-order chi connectivity index (χ0) is 13.9. The quantitative estimate of drug-likeness (QED) is 0.603. The number of carbonyl (C=O) groups is 2. The molecule has 0 radical (unpaired) electrons. The van der Waals surface area contributed by atoms with Gasteiger partial charge >= 0.3 is 0 Å². The van der Waals surface area contributed by atoms with Gasteiger partial charge in [-0.05, 0) is 19.1 Å². The first-order valence-corrected chi connectivity index (χ1v) is 5.99. The van der Waals surface area contributed by atoms with E-state index >= 15 is 0 Å². The Balaban J connectivity index is 2.22. The predicted molar refractivity (Wildman–Crippen MR) is 74.4 cm³/mol. The molecule has 0 fully saturated rings. The van der Waals surface area contributed by atoms with Crippen LogP contribution in [0.1, 0.15) is 13.3 Å². The summed E-state index contributed by atoms with van der Waals surface area (Å²) in [7, 11) is 0. The Bertz CT molecular complexity index is 467. The fourth-order valence-corrected chi connectivity index (χ4v) is 1.27. The molecule has 1 aromatic heterocycles. The molecule has 0 spiro atoms. The molecule has 0 aliphatic heterocycles. The van der Waals surface area contributed by atoms with E-state index in [4.69, 9.17) is 0 Å². The lowest BCUT2D eigenvalue weighted by molar-refractivity contribution is -0.117. The standard InChI is InChI=1S/C14H17N3O2/c1-2-3-4-7-13(18)16-10-8-14(19)17-12-6-5-9-15-11-12/h2-7,9,11H,8,10H2,1H3,(H,16,18)(H,17,19). The lowest BCUT2D eigenvalue weighted by atomic mass is 10.3. The molecular formula is C14H17N3O2. The van der Waals surface area contributed by atoms with Crippen molar-refractivity contribution in [2.45, 2.75) is 13.3 Å². The summed E-state index contributed by atoms with van der Waals surface area (Å²) in [5, 5.41) is 5.31. The Labute approximate surface area is 112 Å². The highest BCUT2D eigenvalue weighted by Gasteiger charge is 2.02. The third-order valence-corrected chi connectivity index (χ3v) is 2.15. The summed E-state index contributed by atoms with van der Waals surface area (Å²) in [4.78, 5) is 26.7. The molecule has 1 heterocycles. The molecule has 2 amide bonds. The normalized spacial score (nSPS) is 10.8. The van der Waals surface area contributed by atoms with Crippen LogP contribution in [0.2, 0.25) is 0 Å². The summed E-state index contributed by atoms with van der Waals surface area (Å²) in [6, 6.07) is 3.49. The van der Waals surface area contributed by atoms with Gasteiger partial charge in [0.2, 0.25) is 11.8 Å². The maximum Gasteiger partial charge on any atom is 0.243 e. The molecule has 1 aromatic rings. The molecule has 2 N–H and O–H groups in total. The highest BCUT2D eigenvalue weighted by Crippen LogP contribution is 2.02. The van der Waals surface area contributed by atoms with E-state index in [0.29, 0.717) is 12.2 Å². The van der Waals surface area contributed by atoms with Crippen LogP contribution in [0.3, 0.4) is 0 Å². The minimum atomic E-state index is -0.215. The van der Waals surface area contributed by atoms with Crippen molar-refractivity contribution in [2.24, 2.45) is 0 Å². The van der Waals surface area contributed by atoms with Gasteiger partial charge in [-0.25, -0.2) is 0 Å². The minimum absolute atomic E-state index is 0.161. The highest BCUT2D eigenvalue weighted by atomic mass is 16.2. The van der Waals surface area contributed by atoms with Gasteiger partial charge in [0, 0.05) is 25.2 Å². The lowest BCUT2D eigenvalue weighted by Gasteiger charge is -2.04. The Morgan fingerprint density at radius 2 is 2.21 bits per heavy atom. The van der Waals surface area contributed by atoms with E-state index < -0.39 is 0 Å². The van der Waals surface area contributed by atoms with Crippen LogP contribution in [0.5, 0.6) is 0 Å². The number of allylic oxidation sites excluding steroid dienone is 3. The Morgan fingerprint density at radius 1 is 1.37 bits per heavy atom. The first-order chi connectivity index (χ1) is 9.22. The second-order valence-electron chi connectivity index (χ2n) is 3.72. The third-order valence-electron chi connectivity index (χ3n) is 2.15. The van der Waals surface area contributed by atoms with Crippen molar-refractivity contribution in [3.8, 4) is 0 Å². The van der Waals surface area contributed by atoms with Crippen LogP contribution >= 0.6 is 0 Å². The smallest absolute Gasteiger partial charge is 0.243 e. The number of hydrogen-bond acceptors (Lipinski definition) is 3. The van der Waals surface area contributed by atoms with E-state index in [1.165, 1.54) is 6.08 Å². The predicted octanol–water partition coefficient (Wildman–Crippen LogP) is 1.66. The van der Waals surface area contributed by atoms with E-state index in [1.54, 1.807) is 36.7 Å². The van der Waals surface area contributed by atoms with E-state index in [-0.39, 0.29) is 18.2 Å². The molecular weight excluding hydrogens is 242 g/mol. The molecule has 5 heteroatoms. The van der Waals surface area contributed by atoms with Crippen LogP contribution < -0.4 is 10.6 Å². The first-order valence-electron chi connectivity index (χ1n) is 5.99. The molecule has 0 unspecified atom stereocenters. The van der Waals surface area contributed by atoms with Crippen molar-refractivity contribution in [1.82, 2.24) is 10.3 Å². The number of nitrogens with zero attached hydrogens (tertiary/aromatic N) is 1. The SMILES string of the molecule is CC=CC=CC(=O)NCCC(=O)Nc1cccnc1. The second-order valence-corrected chi connectivity index (χ2v) is 3.72. The Morgan fingerprint density at radius 3 is 2.89 bits per heavy atom. The van der Waals surface area contributed by atoms with Gasteiger partial charge in [-0.2, -0.15) is 0 Å².